The SMILES string of the molecule is O=C(Nc1ncccc1O)c1cc(Cl)ccc1O. The Balaban J connectivity index is 2.28. The van der Waals surface area contributed by atoms with Crippen LogP contribution in [0, 0.1) is 0 Å². The number of hydrogen-bond acceptors (Lipinski definition) is 4. The number of phenolic OH excluding ortho intramolecular Hbond substituents is 1. The van der Waals surface area contributed by atoms with Crippen molar-refractivity contribution in [1.82, 2.24) is 4.98 Å². The summed E-state index contributed by atoms with van der Waals surface area (Å²) >= 11 is 5.74. The lowest BCUT2D eigenvalue weighted by atomic mass is 10.2. The number of aromatic nitrogens is 1. The first kappa shape index (κ1) is 12.2. The zero-order valence-electron chi connectivity index (χ0n) is 9.09. The minimum atomic E-state index is -0.607. The van der Waals surface area contributed by atoms with E-state index >= 15 is 0 Å². The first-order valence-electron chi connectivity index (χ1n) is 5.02. The Morgan fingerprint density at radius 2 is 2.00 bits per heavy atom. The van der Waals surface area contributed by atoms with Crippen LogP contribution in [-0.2, 0) is 0 Å². The van der Waals surface area contributed by atoms with Gasteiger partial charge in [-0.2, -0.15) is 0 Å². The maximum atomic E-state index is 11.9. The topological polar surface area (TPSA) is 82.5 Å². The van der Waals surface area contributed by atoms with Crippen molar-refractivity contribution in [2.24, 2.45) is 0 Å². The number of benzene rings is 1. The summed E-state index contributed by atoms with van der Waals surface area (Å²) in [7, 11) is 0. The lowest BCUT2D eigenvalue weighted by Crippen LogP contribution is -2.13. The van der Waals surface area contributed by atoms with Gasteiger partial charge in [-0.05, 0) is 30.3 Å². The smallest absolute Gasteiger partial charge is 0.260 e. The van der Waals surface area contributed by atoms with E-state index in [1.807, 2.05) is 0 Å². The van der Waals surface area contributed by atoms with Crippen molar-refractivity contribution in [2.75, 3.05) is 5.32 Å². The van der Waals surface area contributed by atoms with E-state index in [4.69, 9.17) is 11.6 Å². The molecule has 0 bridgehead atoms. The number of amides is 1. The summed E-state index contributed by atoms with van der Waals surface area (Å²) in [5.41, 5.74) is 0.00699. The third-order valence-electron chi connectivity index (χ3n) is 2.22. The number of nitrogens with zero attached hydrogens (tertiary/aromatic N) is 1. The molecule has 6 heteroatoms. The minimum Gasteiger partial charge on any atom is -0.507 e. The van der Waals surface area contributed by atoms with Gasteiger partial charge in [0.2, 0.25) is 0 Å². The third-order valence-corrected chi connectivity index (χ3v) is 2.46. The van der Waals surface area contributed by atoms with Gasteiger partial charge in [-0.25, -0.2) is 4.98 Å². The maximum Gasteiger partial charge on any atom is 0.260 e. The van der Waals surface area contributed by atoms with E-state index in [0.717, 1.165) is 0 Å². The average molecular weight is 265 g/mol. The lowest BCUT2D eigenvalue weighted by Gasteiger charge is -2.07. The van der Waals surface area contributed by atoms with Crippen molar-refractivity contribution in [3.63, 3.8) is 0 Å². The van der Waals surface area contributed by atoms with Crippen molar-refractivity contribution in [3.05, 3.63) is 47.1 Å². The van der Waals surface area contributed by atoms with Gasteiger partial charge in [0.1, 0.15) is 5.75 Å². The van der Waals surface area contributed by atoms with Crippen LogP contribution in [0.1, 0.15) is 10.4 Å². The lowest BCUT2D eigenvalue weighted by molar-refractivity contribution is 0.102. The molecule has 0 aliphatic heterocycles. The Bertz CT molecular complexity index is 602. The van der Waals surface area contributed by atoms with Crippen molar-refractivity contribution in [1.29, 1.82) is 0 Å². The number of carbonyl (C=O) groups excluding carboxylic acids is 1. The molecule has 2 rings (SSSR count). The van der Waals surface area contributed by atoms with Crippen molar-refractivity contribution in [3.8, 4) is 11.5 Å². The van der Waals surface area contributed by atoms with Crippen molar-refractivity contribution >= 4 is 23.3 Å². The predicted molar refractivity (Wildman–Crippen MR) is 67.0 cm³/mol. The Morgan fingerprint density at radius 1 is 1.22 bits per heavy atom. The van der Waals surface area contributed by atoms with Gasteiger partial charge < -0.3 is 15.5 Å². The van der Waals surface area contributed by atoms with E-state index in [0.29, 0.717) is 5.02 Å². The Morgan fingerprint density at radius 3 is 2.72 bits per heavy atom. The second-order valence-electron chi connectivity index (χ2n) is 3.49. The molecule has 0 spiro atoms. The molecule has 5 nitrogen and oxygen atoms in total. The highest BCUT2D eigenvalue weighted by Gasteiger charge is 2.14. The van der Waals surface area contributed by atoms with Gasteiger partial charge in [0.25, 0.3) is 5.91 Å². The summed E-state index contributed by atoms with van der Waals surface area (Å²) in [6.45, 7) is 0. The highest BCUT2D eigenvalue weighted by molar-refractivity contribution is 6.31. The zero-order valence-corrected chi connectivity index (χ0v) is 9.85. The average Bonchev–Trinajstić information content (AvgIpc) is 2.35. The van der Waals surface area contributed by atoms with Crippen LogP contribution in [0.5, 0.6) is 11.5 Å². The number of rotatable bonds is 2. The second-order valence-corrected chi connectivity index (χ2v) is 3.92. The van der Waals surface area contributed by atoms with Crippen LogP contribution >= 0.6 is 11.6 Å². The fourth-order valence-corrected chi connectivity index (χ4v) is 1.53. The fourth-order valence-electron chi connectivity index (χ4n) is 1.36. The van der Waals surface area contributed by atoms with E-state index in [1.54, 1.807) is 0 Å². The molecule has 1 aromatic carbocycles. The number of pyridine rings is 1. The highest BCUT2D eigenvalue weighted by Crippen LogP contribution is 2.24. The zero-order chi connectivity index (χ0) is 13.1. The van der Waals surface area contributed by atoms with Crippen LogP contribution < -0.4 is 5.32 Å². The van der Waals surface area contributed by atoms with Crippen LogP contribution in [0.15, 0.2) is 36.5 Å². The molecule has 1 amide bonds. The Hall–Kier alpha value is -2.27. The van der Waals surface area contributed by atoms with Crippen molar-refractivity contribution in [2.45, 2.75) is 0 Å². The standard InChI is InChI=1S/C12H9ClN2O3/c13-7-3-4-9(16)8(6-7)12(18)15-11-10(17)2-1-5-14-11/h1-6,16-17H,(H,14,15,18). The molecule has 0 radical (unpaired) electrons. The molecule has 0 saturated heterocycles. The quantitative estimate of drug-likeness (QED) is 0.778. The van der Waals surface area contributed by atoms with Gasteiger partial charge in [-0.15, -0.1) is 0 Å². The molecule has 18 heavy (non-hydrogen) atoms. The van der Waals surface area contributed by atoms with Gasteiger partial charge in [0, 0.05) is 11.2 Å². The molecular formula is C12H9ClN2O3. The predicted octanol–water partition coefficient (Wildman–Crippen LogP) is 2.40. The molecule has 0 unspecified atom stereocenters. The van der Waals surface area contributed by atoms with E-state index in [2.05, 4.69) is 10.3 Å². The van der Waals surface area contributed by atoms with Gasteiger partial charge in [-0.3, -0.25) is 4.79 Å². The molecule has 92 valence electrons. The summed E-state index contributed by atoms with van der Waals surface area (Å²) in [6.07, 6.45) is 1.42. The summed E-state index contributed by atoms with van der Waals surface area (Å²) in [5.74, 6) is -0.953. The molecule has 3 N–H and O–H groups in total. The first-order chi connectivity index (χ1) is 8.58. The first-order valence-corrected chi connectivity index (χ1v) is 5.39. The number of carbonyl (C=O) groups is 1. The third kappa shape index (κ3) is 2.52. The molecule has 1 heterocycles. The van der Waals surface area contributed by atoms with Gasteiger partial charge in [0.05, 0.1) is 5.56 Å². The van der Waals surface area contributed by atoms with Crippen LogP contribution in [0.4, 0.5) is 5.82 Å². The van der Waals surface area contributed by atoms with E-state index in [9.17, 15) is 15.0 Å². The highest BCUT2D eigenvalue weighted by atomic mass is 35.5. The normalized spacial score (nSPS) is 10.1. The molecule has 0 aliphatic carbocycles. The number of anilines is 1. The monoisotopic (exact) mass is 264 g/mol. The molecule has 0 fully saturated rings. The van der Waals surface area contributed by atoms with Crippen LogP contribution in [-0.4, -0.2) is 21.1 Å². The number of nitrogens with one attached hydrogen (secondary N) is 1. The van der Waals surface area contributed by atoms with Crippen LogP contribution in [0.2, 0.25) is 5.02 Å². The van der Waals surface area contributed by atoms with Gasteiger partial charge >= 0.3 is 0 Å². The minimum absolute atomic E-state index is 0.00699. The maximum absolute atomic E-state index is 11.9. The van der Waals surface area contributed by atoms with Crippen LogP contribution in [0.3, 0.4) is 0 Å². The molecule has 0 saturated carbocycles. The number of hydrogen-bond donors (Lipinski definition) is 3. The molecule has 0 aliphatic rings. The summed E-state index contributed by atoms with van der Waals surface area (Å²) in [4.78, 5) is 15.7. The van der Waals surface area contributed by atoms with Gasteiger partial charge in [-0.1, -0.05) is 11.6 Å². The molecule has 2 aromatic rings. The van der Waals surface area contributed by atoms with E-state index < -0.39 is 5.91 Å². The van der Waals surface area contributed by atoms with Crippen LogP contribution in [0.25, 0.3) is 0 Å². The second kappa shape index (κ2) is 4.93. The van der Waals surface area contributed by atoms with Crippen molar-refractivity contribution < 1.29 is 15.0 Å². The molecular weight excluding hydrogens is 256 g/mol. The summed E-state index contributed by atoms with van der Waals surface area (Å²) < 4.78 is 0. The number of halogens is 1. The number of phenols is 1. The number of aromatic hydroxyl groups is 2. The Labute approximate surface area is 108 Å². The molecule has 0 atom stereocenters. The summed E-state index contributed by atoms with van der Waals surface area (Å²) in [6, 6.07) is 7.02. The fraction of sp³-hybridized carbons (Fsp3) is 0. The summed E-state index contributed by atoms with van der Waals surface area (Å²) in [5, 5.41) is 21.7. The van der Waals surface area contributed by atoms with Gasteiger partial charge in [0.15, 0.2) is 11.6 Å². The van der Waals surface area contributed by atoms with E-state index in [1.165, 1.54) is 36.5 Å². The Kier molecular flexibility index (Phi) is 3.34. The van der Waals surface area contributed by atoms with E-state index in [-0.39, 0.29) is 22.9 Å². The molecule has 1 aromatic heterocycles. The largest absolute Gasteiger partial charge is 0.507 e.